The minimum atomic E-state index is -0.620. The number of hydrogen-bond acceptors (Lipinski definition) is 2. The third kappa shape index (κ3) is 4.32. The van der Waals surface area contributed by atoms with Gasteiger partial charge in [0.2, 0.25) is 5.91 Å². The molecule has 0 fully saturated rings. The van der Waals surface area contributed by atoms with Gasteiger partial charge in [-0.25, -0.2) is 4.39 Å². The summed E-state index contributed by atoms with van der Waals surface area (Å²) in [5, 5.41) is 2.67. The molecule has 0 radical (unpaired) electrons. The molecule has 0 heterocycles. The third-order valence-electron chi connectivity index (χ3n) is 2.52. The molecule has 96 valence electrons. The Kier molecular flexibility index (Phi) is 6.13. The van der Waals surface area contributed by atoms with Gasteiger partial charge in [0.25, 0.3) is 0 Å². The first kappa shape index (κ1) is 15.9. The zero-order chi connectivity index (χ0) is 12.2. The molecule has 1 aromatic carbocycles. The van der Waals surface area contributed by atoms with E-state index in [0.717, 1.165) is 0 Å². The Morgan fingerprint density at radius 2 is 2.00 bits per heavy atom. The van der Waals surface area contributed by atoms with E-state index in [0.29, 0.717) is 5.56 Å². The van der Waals surface area contributed by atoms with Crippen molar-refractivity contribution < 1.29 is 9.18 Å². The molecule has 1 rings (SSSR count). The van der Waals surface area contributed by atoms with Crippen LogP contribution in [-0.4, -0.2) is 12.5 Å². The average molecular weight is 261 g/mol. The van der Waals surface area contributed by atoms with Gasteiger partial charge in [-0.05, 0) is 19.9 Å². The summed E-state index contributed by atoms with van der Waals surface area (Å²) < 4.78 is 13.2. The van der Waals surface area contributed by atoms with E-state index in [4.69, 9.17) is 5.73 Å². The molecule has 3 nitrogen and oxygen atoms in total. The van der Waals surface area contributed by atoms with Gasteiger partial charge in [0, 0.05) is 18.7 Å². The highest BCUT2D eigenvalue weighted by Gasteiger charge is 2.25. The van der Waals surface area contributed by atoms with Crippen molar-refractivity contribution in [2.24, 2.45) is 11.1 Å². The molecule has 17 heavy (non-hydrogen) atoms. The topological polar surface area (TPSA) is 55.1 Å². The number of benzene rings is 1. The first-order valence-electron chi connectivity index (χ1n) is 5.19. The summed E-state index contributed by atoms with van der Waals surface area (Å²) in [4.78, 5) is 11.7. The zero-order valence-corrected chi connectivity index (χ0v) is 10.8. The lowest BCUT2D eigenvalue weighted by atomic mass is 9.92. The molecular weight excluding hydrogens is 243 g/mol. The highest BCUT2D eigenvalue weighted by Crippen LogP contribution is 2.13. The number of carbonyl (C=O) groups is 1. The second kappa shape index (κ2) is 6.57. The van der Waals surface area contributed by atoms with Crippen molar-refractivity contribution in [2.75, 3.05) is 6.54 Å². The normalized spacial score (nSPS) is 10.6. The summed E-state index contributed by atoms with van der Waals surface area (Å²) >= 11 is 0. The number of rotatable bonds is 4. The maximum Gasteiger partial charge on any atom is 0.227 e. The zero-order valence-electron chi connectivity index (χ0n) is 10.00. The van der Waals surface area contributed by atoms with E-state index in [1.165, 1.54) is 6.07 Å². The summed E-state index contributed by atoms with van der Waals surface area (Å²) in [5.74, 6) is -0.480. The van der Waals surface area contributed by atoms with Crippen LogP contribution in [0.25, 0.3) is 0 Å². The van der Waals surface area contributed by atoms with Crippen LogP contribution in [0.1, 0.15) is 19.4 Å². The maximum absolute atomic E-state index is 13.2. The number of carbonyl (C=O) groups excluding carboxylic acids is 1. The molecule has 0 aromatic heterocycles. The van der Waals surface area contributed by atoms with Gasteiger partial charge < -0.3 is 11.1 Å². The Morgan fingerprint density at radius 3 is 2.53 bits per heavy atom. The second-order valence-corrected chi connectivity index (χ2v) is 4.36. The lowest BCUT2D eigenvalue weighted by molar-refractivity contribution is -0.129. The van der Waals surface area contributed by atoms with Crippen LogP contribution in [0.2, 0.25) is 0 Å². The molecule has 0 saturated heterocycles. The van der Waals surface area contributed by atoms with E-state index in [1.807, 2.05) is 0 Å². The summed E-state index contributed by atoms with van der Waals surface area (Å²) in [7, 11) is 0. The second-order valence-electron chi connectivity index (χ2n) is 4.36. The van der Waals surface area contributed by atoms with Crippen molar-refractivity contribution in [3.05, 3.63) is 35.6 Å². The van der Waals surface area contributed by atoms with Crippen molar-refractivity contribution in [1.29, 1.82) is 0 Å². The van der Waals surface area contributed by atoms with E-state index >= 15 is 0 Å². The largest absolute Gasteiger partial charge is 0.351 e. The number of nitrogens with one attached hydrogen (secondary N) is 1. The van der Waals surface area contributed by atoms with Crippen molar-refractivity contribution >= 4 is 18.3 Å². The molecule has 1 amide bonds. The molecule has 0 aliphatic heterocycles. The van der Waals surface area contributed by atoms with Gasteiger partial charge in [-0.15, -0.1) is 12.4 Å². The molecule has 0 unspecified atom stereocenters. The fourth-order valence-corrected chi connectivity index (χ4v) is 1.15. The van der Waals surface area contributed by atoms with Crippen molar-refractivity contribution in [3.8, 4) is 0 Å². The molecular formula is C12H18ClFN2O. The quantitative estimate of drug-likeness (QED) is 0.868. The Hall–Kier alpha value is -1.13. The van der Waals surface area contributed by atoms with Crippen LogP contribution >= 0.6 is 12.4 Å². The number of nitrogens with two attached hydrogens (primary N) is 1. The number of amides is 1. The van der Waals surface area contributed by atoms with E-state index in [9.17, 15) is 9.18 Å². The molecule has 0 atom stereocenters. The van der Waals surface area contributed by atoms with Crippen LogP contribution in [0.15, 0.2) is 24.3 Å². The summed E-state index contributed by atoms with van der Waals surface area (Å²) in [6, 6.07) is 6.36. The van der Waals surface area contributed by atoms with Crippen LogP contribution in [0.5, 0.6) is 0 Å². The number of halogens is 2. The van der Waals surface area contributed by atoms with Crippen LogP contribution in [0, 0.1) is 11.2 Å². The minimum Gasteiger partial charge on any atom is -0.351 e. The molecule has 1 aromatic rings. The van der Waals surface area contributed by atoms with Crippen LogP contribution in [0.4, 0.5) is 4.39 Å². The summed E-state index contributed by atoms with van der Waals surface area (Å²) in [5.41, 5.74) is 5.33. The molecule has 0 bridgehead atoms. The number of hydrogen-bond donors (Lipinski definition) is 2. The first-order chi connectivity index (χ1) is 7.47. The maximum atomic E-state index is 13.2. The Balaban J connectivity index is 0.00000256. The lowest BCUT2D eigenvalue weighted by Crippen LogP contribution is -2.41. The van der Waals surface area contributed by atoms with Gasteiger partial charge in [0.1, 0.15) is 5.82 Å². The highest BCUT2D eigenvalue weighted by atomic mass is 35.5. The predicted octanol–water partition coefficient (Wildman–Crippen LogP) is 1.85. The molecule has 0 aliphatic carbocycles. The standard InChI is InChI=1S/C12H17FN2O.ClH/c1-12(2,8-14)11(16)15-7-9-5-3-4-6-10(9)13;/h3-6H,7-8,14H2,1-2H3,(H,15,16);1H. The van der Waals surface area contributed by atoms with Gasteiger partial charge in [0.15, 0.2) is 0 Å². The van der Waals surface area contributed by atoms with Gasteiger partial charge in [-0.1, -0.05) is 18.2 Å². The monoisotopic (exact) mass is 260 g/mol. The molecule has 3 N–H and O–H groups in total. The fraction of sp³-hybridized carbons (Fsp3) is 0.417. The van der Waals surface area contributed by atoms with Crippen molar-refractivity contribution in [2.45, 2.75) is 20.4 Å². The van der Waals surface area contributed by atoms with Gasteiger partial charge >= 0.3 is 0 Å². The highest BCUT2D eigenvalue weighted by molar-refractivity contribution is 5.85. The van der Waals surface area contributed by atoms with Crippen molar-refractivity contribution in [1.82, 2.24) is 5.32 Å². The van der Waals surface area contributed by atoms with E-state index in [-0.39, 0.29) is 37.2 Å². The van der Waals surface area contributed by atoms with E-state index in [2.05, 4.69) is 5.32 Å². The Morgan fingerprint density at radius 1 is 1.41 bits per heavy atom. The summed E-state index contributed by atoms with van der Waals surface area (Å²) in [6.45, 7) is 3.96. The average Bonchev–Trinajstić information content (AvgIpc) is 2.27. The minimum absolute atomic E-state index is 0. The van der Waals surface area contributed by atoms with Crippen LogP contribution in [0.3, 0.4) is 0 Å². The van der Waals surface area contributed by atoms with E-state index in [1.54, 1.807) is 32.0 Å². The van der Waals surface area contributed by atoms with Gasteiger partial charge in [-0.2, -0.15) is 0 Å². The summed E-state index contributed by atoms with van der Waals surface area (Å²) in [6.07, 6.45) is 0. The molecule has 0 spiro atoms. The van der Waals surface area contributed by atoms with Crippen molar-refractivity contribution in [3.63, 3.8) is 0 Å². The third-order valence-corrected chi connectivity index (χ3v) is 2.52. The SMILES string of the molecule is CC(C)(CN)C(=O)NCc1ccccc1F.Cl. The first-order valence-corrected chi connectivity index (χ1v) is 5.19. The van der Waals surface area contributed by atoms with Gasteiger partial charge in [-0.3, -0.25) is 4.79 Å². The fourth-order valence-electron chi connectivity index (χ4n) is 1.15. The Bertz CT molecular complexity index is 383. The molecule has 5 heteroatoms. The van der Waals surface area contributed by atoms with Gasteiger partial charge in [0.05, 0.1) is 5.41 Å². The Labute approximate surface area is 107 Å². The van der Waals surface area contributed by atoms with Crippen LogP contribution in [-0.2, 0) is 11.3 Å². The van der Waals surface area contributed by atoms with E-state index < -0.39 is 5.41 Å². The molecule has 0 aliphatic rings. The van der Waals surface area contributed by atoms with Crippen LogP contribution < -0.4 is 11.1 Å². The molecule has 0 saturated carbocycles. The smallest absolute Gasteiger partial charge is 0.227 e. The lowest BCUT2D eigenvalue weighted by Gasteiger charge is -2.21. The predicted molar refractivity (Wildman–Crippen MR) is 68.3 cm³/mol.